The lowest BCUT2D eigenvalue weighted by molar-refractivity contribution is -0.331. The third kappa shape index (κ3) is 1.09. The number of hydrogen-bond acceptors (Lipinski definition) is 2. The third-order valence-electron chi connectivity index (χ3n) is 1.45. The fourth-order valence-electron chi connectivity index (χ4n) is 0.821. The van der Waals surface area contributed by atoms with Crippen molar-refractivity contribution in [1.29, 1.82) is 0 Å². The Morgan fingerprint density at radius 2 is 2.22 bits per heavy atom. The molecule has 1 aliphatic rings. The van der Waals surface area contributed by atoms with Crippen LogP contribution in [0.1, 0.15) is 20.3 Å². The SMILES string of the molecule is CC1=NCCC(C)=[N+]1[O-]. The number of aliphatic imine (C=N–C) groups is 1. The van der Waals surface area contributed by atoms with Gasteiger partial charge in [-0.2, -0.15) is 0 Å². The van der Waals surface area contributed by atoms with Crippen LogP contribution in [0.15, 0.2) is 4.99 Å². The highest BCUT2D eigenvalue weighted by Gasteiger charge is 2.10. The standard InChI is InChI=1S/C6H10N2O/c1-5-3-4-7-6(2)8(5)9/h3-4H2,1-2H3. The molecule has 0 bridgehead atoms. The zero-order valence-electron chi connectivity index (χ0n) is 5.72. The number of nitrogens with zero attached hydrogens (tertiary/aromatic N) is 2. The molecule has 1 aliphatic heterocycles. The minimum absolute atomic E-state index is 0.582. The molecule has 3 heteroatoms. The van der Waals surface area contributed by atoms with E-state index in [2.05, 4.69) is 4.99 Å². The van der Waals surface area contributed by atoms with E-state index >= 15 is 0 Å². The molecule has 0 fully saturated rings. The van der Waals surface area contributed by atoms with Crippen molar-refractivity contribution < 1.29 is 4.74 Å². The Morgan fingerprint density at radius 3 is 2.67 bits per heavy atom. The molecular formula is C6H10N2O. The van der Waals surface area contributed by atoms with Gasteiger partial charge in [0, 0.05) is 13.3 Å². The number of rotatable bonds is 0. The van der Waals surface area contributed by atoms with E-state index in [9.17, 15) is 5.21 Å². The second-order valence-corrected chi connectivity index (χ2v) is 2.21. The van der Waals surface area contributed by atoms with Crippen LogP contribution in [0.2, 0.25) is 0 Å². The van der Waals surface area contributed by atoms with Crippen LogP contribution in [0.25, 0.3) is 0 Å². The predicted molar refractivity (Wildman–Crippen MR) is 36.9 cm³/mol. The summed E-state index contributed by atoms with van der Waals surface area (Å²) in [5.41, 5.74) is 0.863. The smallest absolute Gasteiger partial charge is 0.292 e. The van der Waals surface area contributed by atoms with Crippen LogP contribution in [0.5, 0.6) is 0 Å². The average molecular weight is 126 g/mol. The number of hydrogen-bond donors (Lipinski definition) is 0. The van der Waals surface area contributed by atoms with Crippen molar-refractivity contribution >= 4 is 11.5 Å². The second kappa shape index (κ2) is 2.17. The van der Waals surface area contributed by atoms with Crippen molar-refractivity contribution in [3.8, 4) is 0 Å². The summed E-state index contributed by atoms with van der Waals surface area (Å²) < 4.78 is 0.892. The van der Waals surface area contributed by atoms with Crippen LogP contribution >= 0.6 is 0 Å². The molecule has 0 atom stereocenters. The Kier molecular flexibility index (Phi) is 1.51. The fourth-order valence-corrected chi connectivity index (χ4v) is 0.821. The van der Waals surface area contributed by atoms with Crippen LogP contribution in [0, 0.1) is 5.21 Å². The molecule has 0 saturated heterocycles. The monoisotopic (exact) mass is 126 g/mol. The summed E-state index contributed by atoms with van der Waals surface area (Å²) >= 11 is 0. The Bertz CT molecular complexity index is 181. The highest BCUT2D eigenvalue weighted by Crippen LogP contribution is 1.96. The Hall–Kier alpha value is -0.860. The largest absolute Gasteiger partial charge is 0.711 e. The molecule has 0 amide bonds. The molecule has 50 valence electrons. The van der Waals surface area contributed by atoms with Crippen molar-refractivity contribution in [3.05, 3.63) is 5.21 Å². The summed E-state index contributed by atoms with van der Waals surface area (Å²) in [6, 6.07) is 0. The molecule has 1 rings (SSSR count). The van der Waals surface area contributed by atoms with Gasteiger partial charge in [0.2, 0.25) is 0 Å². The van der Waals surface area contributed by atoms with Crippen molar-refractivity contribution in [2.24, 2.45) is 4.99 Å². The van der Waals surface area contributed by atoms with Crippen LogP contribution in [0.4, 0.5) is 0 Å². The molecule has 0 aromatic rings. The Morgan fingerprint density at radius 1 is 1.56 bits per heavy atom. The van der Waals surface area contributed by atoms with E-state index in [1.54, 1.807) is 6.92 Å². The normalized spacial score (nSPS) is 20.0. The van der Waals surface area contributed by atoms with Crippen LogP contribution < -0.4 is 0 Å². The Labute approximate surface area is 54.3 Å². The second-order valence-electron chi connectivity index (χ2n) is 2.21. The molecule has 0 spiro atoms. The van der Waals surface area contributed by atoms with Crippen molar-refractivity contribution in [2.45, 2.75) is 20.3 Å². The average Bonchev–Trinajstić information content (AvgIpc) is 1.83. The zero-order chi connectivity index (χ0) is 6.85. The first-order valence-electron chi connectivity index (χ1n) is 3.02. The Balaban J connectivity index is 2.88. The predicted octanol–water partition coefficient (Wildman–Crippen LogP) is 0.780. The first-order valence-corrected chi connectivity index (χ1v) is 3.02. The lowest BCUT2D eigenvalue weighted by Gasteiger charge is -2.12. The maximum Gasteiger partial charge on any atom is 0.292 e. The summed E-state index contributed by atoms with van der Waals surface area (Å²) in [6.07, 6.45) is 0.806. The fraction of sp³-hybridized carbons (Fsp3) is 0.667. The molecule has 0 aromatic carbocycles. The molecule has 0 N–H and O–H groups in total. The zero-order valence-corrected chi connectivity index (χ0v) is 5.72. The van der Waals surface area contributed by atoms with Gasteiger partial charge in [-0.05, 0) is 6.92 Å². The van der Waals surface area contributed by atoms with E-state index in [4.69, 9.17) is 0 Å². The molecule has 0 aliphatic carbocycles. The topological polar surface area (TPSA) is 38.4 Å². The minimum Gasteiger partial charge on any atom is -0.711 e. The van der Waals surface area contributed by atoms with E-state index in [1.807, 2.05) is 6.92 Å². The van der Waals surface area contributed by atoms with Crippen molar-refractivity contribution in [3.63, 3.8) is 0 Å². The van der Waals surface area contributed by atoms with Crippen LogP contribution in [0.3, 0.4) is 0 Å². The van der Waals surface area contributed by atoms with Gasteiger partial charge in [0.1, 0.15) is 6.54 Å². The van der Waals surface area contributed by atoms with Crippen LogP contribution in [-0.4, -0.2) is 22.8 Å². The maximum absolute atomic E-state index is 10.9. The summed E-state index contributed by atoms with van der Waals surface area (Å²) in [5, 5.41) is 10.9. The van der Waals surface area contributed by atoms with Gasteiger partial charge in [-0.25, -0.2) is 4.74 Å². The number of amidine groups is 1. The molecule has 0 radical (unpaired) electrons. The van der Waals surface area contributed by atoms with Gasteiger partial charge in [0.15, 0.2) is 0 Å². The summed E-state index contributed by atoms with van der Waals surface area (Å²) in [5.74, 6) is 0.582. The van der Waals surface area contributed by atoms with Gasteiger partial charge < -0.3 is 5.21 Å². The van der Waals surface area contributed by atoms with Crippen molar-refractivity contribution in [2.75, 3.05) is 6.54 Å². The molecule has 9 heavy (non-hydrogen) atoms. The summed E-state index contributed by atoms with van der Waals surface area (Å²) in [7, 11) is 0. The molecular weight excluding hydrogens is 116 g/mol. The van der Waals surface area contributed by atoms with E-state index in [1.165, 1.54) is 0 Å². The first-order chi connectivity index (χ1) is 4.22. The van der Waals surface area contributed by atoms with Gasteiger partial charge >= 0.3 is 0 Å². The van der Waals surface area contributed by atoms with E-state index in [0.717, 1.165) is 23.4 Å². The lowest BCUT2D eigenvalue weighted by Crippen LogP contribution is -2.23. The van der Waals surface area contributed by atoms with E-state index < -0.39 is 0 Å². The first kappa shape index (κ1) is 6.26. The highest BCUT2D eigenvalue weighted by atomic mass is 16.5. The maximum atomic E-state index is 10.9. The molecule has 0 saturated carbocycles. The lowest BCUT2D eigenvalue weighted by atomic mass is 10.3. The van der Waals surface area contributed by atoms with Crippen molar-refractivity contribution in [1.82, 2.24) is 0 Å². The van der Waals surface area contributed by atoms with Gasteiger partial charge in [0.25, 0.3) is 5.84 Å². The van der Waals surface area contributed by atoms with Gasteiger partial charge in [-0.3, -0.25) is 0 Å². The molecule has 0 aromatic heterocycles. The quantitative estimate of drug-likeness (QED) is 0.349. The van der Waals surface area contributed by atoms with Crippen LogP contribution in [-0.2, 0) is 0 Å². The minimum atomic E-state index is 0.582. The molecule has 0 unspecified atom stereocenters. The van der Waals surface area contributed by atoms with E-state index in [-0.39, 0.29) is 0 Å². The molecule has 1 heterocycles. The van der Waals surface area contributed by atoms with Gasteiger partial charge in [-0.15, -0.1) is 0 Å². The number of hydroxylamine groups is 1. The van der Waals surface area contributed by atoms with Gasteiger partial charge in [0.05, 0.1) is 5.71 Å². The van der Waals surface area contributed by atoms with Gasteiger partial charge in [-0.1, -0.05) is 4.99 Å². The third-order valence-corrected chi connectivity index (χ3v) is 1.45. The van der Waals surface area contributed by atoms with E-state index in [0.29, 0.717) is 5.84 Å². The summed E-state index contributed by atoms with van der Waals surface area (Å²) in [4.78, 5) is 3.97. The summed E-state index contributed by atoms with van der Waals surface area (Å²) in [6.45, 7) is 4.34. The molecule has 3 nitrogen and oxygen atoms in total. The highest BCUT2D eigenvalue weighted by molar-refractivity contribution is 5.86.